The Morgan fingerprint density at radius 3 is 0.571 bits per heavy atom. The summed E-state index contributed by atoms with van der Waals surface area (Å²) in [7, 11) is -9.28. The first-order valence-corrected chi connectivity index (χ1v) is 4.70. The second-order valence-corrected chi connectivity index (χ2v) is 3.08. The molecule has 0 radical (unpaired) electrons. The summed E-state index contributed by atoms with van der Waals surface area (Å²) in [6.45, 7) is 0. The van der Waals surface area contributed by atoms with E-state index in [9.17, 15) is 0 Å². The van der Waals surface area contributed by atoms with Gasteiger partial charge in [-0.2, -0.15) is 0 Å². The van der Waals surface area contributed by atoms with Gasteiger partial charge in [-0.3, -0.25) is 0 Å². The molecule has 0 aromatic rings. The maximum absolute atomic E-state index is 8.88. The van der Waals surface area contributed by atoms with Gasteiger partial charge in [0.05, 0.1) is 0 Å². The van der Waals surface area contributed by atoms with E-state index in [1.54, 1.807) is 0 Å². The highest BCUT2D eigenvalue weighted by atomic mass is 31.2. The van der Waals surface area contributed by atoms with Gasteiger partial charge in [-0.25, -0.2) is 9.13 Å². The lowest BCUT2D eigenvalue weighted by atomic mass is 15.8. The summed E-state index contributed by atoms with van der Waals surface area (Å²) >= 11 is 0. The first kappa shape index (κ1) is 36.0. The molecule has 0 aliphatic heterocycles. The highest BCUT2D eigenvalue weighted by Gasteiger charge is 2.00. The zero-order valence-electron chi connectivity index (χ0n) is 4.89. The summed E-state index contributed by atoms with van der Waals surface area (Å²) in [5.74, 6) is 0. The Morgan fingerprint density at radius 1 is 0.571 bits per heavy atom. The number of phosphoric acid groups is 2. The first-order chi connectivity index (χ1) is 4.00. The molecule has 9 nitrogen and oxygen atoms in total. The van der Waals surface area contributed by atoms with Gasteiger partial charge >= 0.3 is 84.8 Å². The topological polar surface area (TPSA) is 187 Å². The van der Waals surface area contributed by atoms with E-state index in [1.165, 1.54) is 0 Å². The SMILES string of the molecule is O.O=P(O)(O)O.O=P(O)(O)O.[MgH2].[MgH2].[MgH2]. The van der Waals surface area contributed by atoms with Crippen LogP contribution in [0.5, 0.6) is 0 Å². The van der Waals surface area contributed by atoms with Crippen LogP contribution in [0.2, 0.25) is 0 Å². The van der Waals surface area contributed by atoms with Crippen molar-refractivity contribution in [3.8, 4) is 0 Å². The fraction of sp³-hybridized carbons (Fsp3) is 0. The van der Waals surface area contributed by atoms with Crippen molar-refractivity contribution in [3.63, 3.8) is 0 Å². The van der Waals surface area contributed by atoms with Gasteiger partial charge in [0.25, 0.3) is 0 Å². The molecule has 0 aromatic carbocycles. The van der Waals surface area contributed by atoms with Gasteiger partial charge in [-0.05, 0) is 0 Å². The monoisotopic (exact) mass is 292 g/mol. The van der Waals surface area contributed by atoms with Crippen molar-refractivity contribution in [2.45, 2.75) is 0 Å². The average Bonchev–Trinajstić information content (AvgIpc) is 1.12. The molecule has 14 heteroatoms. The van der Waals surface area contributed by atoms with E-state index in [0.29, 0.717) is 0 Å². The predicted octanol–water partition coefficient (Wildman–Crippen LogP) is -5.43. The minimum absolute atomic E-state index is 0. The van der Waals surface area contributed by atoms with Crippen molar-refractivity contribution in [1.82, 2.24) is 0 Å². The summed E-state index contributed by atoms with van der Waals surface area (Å²) < 4.78 is 17.8. The largest absolute Gasteiger partial charge is 0.466 e. The van der Waals surface area contributed by atoms with Gasteiger partial charge in [0, 0.05) is 0 Å². The fourth-order valence-electron chi connectivity index (χ4n) is 0. The third-order valence-corrected chi connectivity index (χ3v) is 0. The summed E-state index contributed by atoms with van der Waals surface area (Å²) in [5.41, 5.74) is 0. The van der Waals surface area contributed by atoms with Crippen LogP contribution in [0.1, 0.15) is 0 Å². The van der Waals surface area contributed by atoms with Crippen molar-refractivity contribution in [2.24, 2.45) is 0 Å². The molecular weight excluding hydrogens is 279 g/mol. The Hall–Kier alpha value is 2.48. The minimum Gasteiger partial charge on any atom is -0.412 e. The molecule has 0 saturated heterocycles. The van der Waals surface area contributed by atoms with Crippen molar-refractivity contribution in [3.05, 3.63) is 0 Å². The Kier molecular flexibility index (Phi) is 39.8. The second kappa shape index (κ2) is 15.5. The van der Waals surface area contributed by atoms with Crippen LogP contribution in [0, 0.1) is 0 Å². The standard InChI is InChI=1S/3Mg.2H3O4P.H2O.6H/c;;;2*1-5(2,3)4;;;;;;;/h;;;2*(H3,1,2,3,4);1H2;;;;;;. The first-order valence-electron chi connectivity index (χ1n) is 1.57. The molecule has 0 fully saturated rings. The maximum Gasteiger partial charge on any atom is 0.466 e. The lowest BCUT2D eigenvalue weighted by molar-refractivity contribution is 0.272. The van der Waals surface area contributed by atoms with E-state index < -0.39 is 15.6 Å². The normalized spacial score (nSPS) is 8.43. The Balaban J connectivity index is -0.0000000178. The molecule has 84 valence electrons. The van der Waals surface area contributed by atoms with Gasteiger partial charge in [-0.1, -0.05) is 0 Å². The van der Waals surface area contributed by atoms with E-state index in [2.05, 4.69) is 0 Å². The Bertz CT molecular complexity index is 130. The highest BCUT2D eigenvalue weighted by molar-refractivity contribution is 7.45. The molecule has 0 aliphatic rings. The molecule has 0 aliphatic carbocycles. The van der Waals surface area contributed by atoms with Crippen molar-refractivity contribution in [2.75, 3.05) is 0 Å². The summed E-state index contributed by atoms with van der Waals surface area (Å²) in [4.78, 5) is 43.1. The maximum atomic E-state index is 8.88. The van der Waals surface area contributed by atoms with Gasteiger partial charge in [-0.15, -0.1) is 0 Å². The molecular formula is H14Mg3O9P2. The average molecular weight is 293 g/mol. The van der Waals surface area contributed by atoms with Crippen molar-refractivity contribution >= 4 is 84.8 Å². The van der Waals surface area contributed by atoms with Gasteiger partial charge in [0.15, 0.2) is 0 Å². The Labute approximate surface area is 128 Å². The van der Waals surface area contributed by atoms with Crippen LogP contribution in [-0.4, -0.2) is 104 Å². The molecule has 0 bridgehead atoms. The second-order valence-electron chi connectivity index (χ2n) is 1.03. The molecule has 0 rings (SSSR count). The lowest BCUT2D eigenvalue weighted by Gasteiger charge is -1.82. The lowest BCUT2D eigenvalue weighted by Crippen LogP contribution is -1.66. The number of hydrogen-bond donors (Lipinski definition) is 6. The van der Waals surface area contributed by atoms with E-state index in [0.717, 1.165) is 0 Å². The molecule has 0 atom stereocenters. The quantitative estimate of drug-likeness (QED) is 0.188. The van der Waals surface area contributed by atoms with Gasteiger partial charge in [0.2, 0.25) is 0 Å². The molecule has 8 N–H and O–H groups in total. The van der Waals surface area contributed by atoms with Gasteiger partial charge < -0.3 is 34.8 Å². The van der Waals surface area contributed by atoms with Gasteiger partial charge in [0.1, 0.15) is 0 Å². The third kappa shape index (κ3) is 428. The van der Waals surface area contributed by atoms with Crippen LogP contribution in [0.25, 0.3) is 0 Å². The van der Waals surface area contributed by atoms with Crippen LogP contribution < -0.4 is 0 Å². The Morgan fingerprint density at radius 2 is 0.571 bits per heavy atom. The van der Waals surface area contributed by atoms with Crippen molar-refractivity contribution in [1.29, 1.82) is 0 Å². The minimum atomic E-state index is -4.64. The molecule has 14 heavy (non-hydrogen) atoms. The molecule has 0 spiro atoms. The summed E-state index contributed by atoms with van der Waals surface area (Å²) in [6.07, 6.45) is 0. The van der Waals surface area contributed by atoms with Crippen LogP contribution >= 0.6 is 15.6 Å². The summed E-state index contributed by atoms with van der Waals surface area (Å²) in [5, 5.41) is 0. The zero-order chi connectivity index (χ0) is 9.00. The van der Waals surface area contributed by atoms with Crippen LogP contribution in [0.4, 0.5) is 0 Å². The van der Waals surface area contributed by atoms with E-state index in [-0.39, 0.29) is 74.6 Å². The molecule has 0 unspecified atom stereocenters. The molecule has 0 amide bonds. The van der Waals surface area contributed by atoms with E-state index in [1.807, 2.05) is 0 Å². The molecule has 0 aromatic heterocycles. The molecule has 0 saturated carbocycles. The van der Waals surface area contributed by atoms with E-state index >= 15 is 0 Å². The van der Waals surface area contributed by atoms with Crippen LogP contribution in [0.15, 0.2) is 0 Å². The fourth-order valence-corrected chi connectivity index (χ4v) is 0. The molecule has 0 heterocycles. The number of rotatable bonds is 0. The smallest absolute Gasteiger partial charge is 0.412 e. The number of hydrogen-bond acceptors (Lipinski definition) is 2. The third-order valence-electron chi connectivity index (χ3n) is 0. The highest BCUT2D eigenvalue weighted by Crippen LogP contribution is 2.26. The van der Waals surface area contributed by atoms with Crippen molar-refractivity contribution < 1.29 is 44.0 Å². The van der Waals surface area contributed by atoms with Crippen LogP contribution in [-0.2, 0) is 9.13 Å². The summed E-state index contributed by atoms with van der Waals surface area (Å²) in [6, 6.07) is 0. The van der Waals surface area contributed by atoms with E-state index in [4.69, 9.17) is 38.5 Å². The van der Waals surface area contributed by atoms with Crippen LogP contribution in [0.3, 0.4) is 0 Å². The zero-order valence-corrected chi connectivity index (χ0v) is 6.68. The predicted molar refractivity (Wildman–Crippen MR) is 57.8 cm³/mol.